The third-order valence-corrected chi connectivity index (χ3v) is 4.71. The number of amides is 1. The van der Waals surface area contributed by atoms with Crippen molar-refractivity contribution >= 4 is 22.8 Å². The van der Waals surface area contributed by atoms with E-state index in [1.807, 2.05) is 62.5 Å². The molecule has 0 aliphatic carbocycles. The summed E-state index contributed by atoms with van der Waals surface area (Å²) in [5.41, 5.74) is 3.92. The third-order valence-electron chi connectivity index (χ3n) is 4.71. The smallest absolute Gasteiger partial charge is 0.328 e. The van der Waals surface area contributed by atoms with E-state index >= 15 is 0 Å². The van der Waals surface area contributed by atoms with Gasteiger partial charge in [-0.15, -0.1) is 0 Å². The van der Waals surface area contributed by atoms with E-state index in [1.54, 1.807) is 6.92 Å². The molecule has 0 aliphatic heterocycles. The summed E-state index contributed by atoms with van der Waals surface area (Å²) in [4.78, 5) is 28.1. The molecule has 0 aliphatic rings. The van der Waals surface area contributed by atoms with Gasteiger partial charge in [0.05, 0.1) is 6.61 Å². The molecule has 152 valence electrons. The van der Waals surface area contributed by atoms with Crippen molar-refractivity contribution in [1.29, 1.82) is 0 Å². The molecule has 0 fully saturated rings. The highest BCUT2D eigenvalue weighted by Gasteiger charge is 2.24. The average Bonchev–Trinajstić information content (AvgIpc) is 3.11. The number of carbonyl (C=O) groups excluding carboxylic acids is 2. The van der Waals surface area contributed by atoms with Crippen LogP contribution in [0.25, 0.3) is 10.9 Å². The van der Waals surface area contributed by atoms with E-state index in [0.29, 0.717) is 12.2 Å². The van der Waals surface area contributed by atoms with Gasteiger partial charge in [0.2, 0.25) is 0 Å². The van der Waals surface area contributed by atoms with E-state index < -0.39 is 12.0 Å². The number of hydrogen-bond donors (Lipinski definition) is 2. The second-order valence-corrected chi connectivity index (χ2v) is 6.99. The predicted molar refractivity (Wildman–Crippen MR) is 112 cm³/mol. The Morgan fingerprint density at radius 3 is 2.72 bits per heavy atom. The number of benzene rings is 2. The normalized spacial score (nSPS) is 11.8. The Morgan fingerprint density at radius 2 is 1.93 bits per heavy atom. The number of para-hydroxylation sites is 1. The second kappa shape index (κ2) is 9.28. The molecule has 0 saturated carbocycles. The van der Waals surface area contributed by atoms with Gasteiger partial charge in [-0.3, -0.25) is 4.79 Å². The van der Waals surface area contributed by atoms with Crippen molar-refractivity contribution in [2.75, 3.05) is 13.2 Å². The maximum atomic E-state index is 12.5. The number of esters is 1. The molecule has 2 aromatic carbocycles. The number of aromatic amines is 1. The number of carbonyl (C=O) groups is 2. The highest BCUT2D eigenvalue weighted by molar-refractivity contribution is 5.87. The molecule has 3 rings (SSSR count). The summed E-state index contributed by atoms with van der Waals surface area (Å²) in [7, 11) is 0. The molecule has 3 aromatic rings. The van der Waals surface area contributed by atoms with Gasteiger partial charge in [0.25, 0.3) is 5.91 Å². The van der Waals surface area contributed by atoms with Gasteiger partial charge in [-0.05, 0) is 49.6 Å². The minimum Gasteiger partial charge on any atom is -0.483 e. The van der Waals surface area contributed by atoms with Gasteiger partial charge in [-0.2, -0.15) is 0 Å². The van der Waals surface area contributed by atoms with Gasteiger partial charge < -0.3 is 19.8 Å². The highest BCUT2D eigenvalue weighted by Crippen LogP contribution is 2.20. The van der Waals surface area contributed by atoms with Gasteiger partial charge in [0.1, 0.15) is 11.8 Å². The third kappa shape index (κ3) is 5.16. The molecule has 1 heterocycles. The standard InChI is InChI=1S/C23H26N2O4/c1-4-28-23(27)20(12-17-13-24-19-8-6-5-7-18(17)19)25-22(26)14-29-21-11-15(2)9-10-16(21)3/h5-11,13,20,24H,4,12,14H2,1-3H3,(H,25,26)/t20-/m1/s1. The van der Waals surface area contributed by atoms with Crippen LogP contribution in [0.15, 0.2) is 48.7 Å². The van der Waals surface area contributed by atoms with Crippen LogP contribution in [-0.2, 0) is 20.7 Å². The van der Waals surface area contributed by atoms with Gasteiger partial charge in [0, 0.05) is 23.5 Å². The van der Waals surface area contributed by atoms with E-state index in [0.717, 1.165) is 27.6 Å². The lowest BCUT2D eigenvalue weighted by Crippen LogP contribution is -2.45. The fourth-order valence-corrected chi connectivity index (χ4v) is 3.20. The Hall–Kier alpha value is -3.28. The Morgan fingerprint density at radius 1 is 1.14 bits per heavy atom. The van der Waals surface area contributed by atoms with Crippen LogP contribution in [0.1, 0.15) is 23.6 Å². The fraction of sp³-hybridized carbons (Fsp3) is 0.304. The summed E-state index contributed by atoms with van der Waals surface area (Å²) in [6.07, 6.45) is 2.19. The molecule has 0 bridgehead atoms. The Balaban J connectivity index is 1.69. The molecule has 1 aromatic heterocycles. The summed E-state index contributed by atoms with van der Waals surface area (Å²) < 4.78 is 10.8. The van der Waals surface area contributed by atoms with E-state index in [9.17, 15) is 9.59 Å². The minimum atomic E-state index is -0.788. The molecule has 2 N–H and O–H groups in total. The number of nitrogens with one attached hydrogen (secondary N) is 2. The molecule has 0 spiro atoms. The van der Waals surface area contributed by atoms with Crippen molar-refractivity contribution in [1.82, 2.24) is 10.3 Å². The van der Waals surface area contributed by atoms with Crippen molar-refractivity contribution in [2.24, 2.45) is 0 Å². The number of H-pyrrole nitrogens is 1. The molecule has 29 heavy (non-hydrogen) atoms. The first-order valence-electron chi connectivity index (χ1n) is 9.69. The zero-order valence-electron chi connectivity index (χ0n) is 17.0. The summed E-state index contributed by atoms with van der Waals surface area (Å²) >= 11 is 0. The Labute approximate surface area is 170 Å². The lowest BCUT2D eigenvalue weighted by Gasteiger charge is -2.18. The largest absolute Gasteiger partial charge is 0.483 e. The molecule has 1 amide bonds. The van der Waals surface area contributed by atoms with E-state index in [4.69, 9.17) is 9.47 Å². The predicted octanol–water partition coefficient (Wildman–Crippen LogP) is 3.45. The molecule has 1 atom stereocenters. The SMILES string of the molecule is CCOC(=O)[C@@H](Cc1c[nH]c2ccccc12)NC(=O)COc1cc(C)ccc1C. The van der Waals surface area contributed by atoms with Crippen LogP contribution < -0.4 is 10.1 Å². The van der Waals surface area contributed by atoms with Crippen LogP contribution in [0.2, 0.25) is 0 Å². The van der Waals surface area contributed by atoms with Crippen molar-refractivity contribution in [3.63, 3.8) is 0 Å². The number of aryl methyl sites for hydroxylation is 2. The first kappa shape index (κ1) is 20.5. The number of aromatic nitrogens is 1. The lowest BCUT2D eigenvalue weighted by atomic mass is 10.0. The van der Waals surface area contributed by atoms with E-state index in [-0.39, 0.29) is 19.1 Å². The molecule has 0 saturated heterocycles. The average molecular weight is 394 g/mol. The van der Waals surface area contributed by atoms with Crippen molar-refractivity contribution in [3.05, 3.63) is 65.4 Å². The van der Waals surface area contributed by atoms with Gasteiger partial charge in [-0.1, -0.05) is 30.3 Å². The Kier molecular flexibility index (Phi) is 6.54. The zero-order chi connectivity index (χ0) is 20.8. The molecule has 6 nitrogen and oxygen atoms in total. The summed E-state index contributed by atoms with van der Waals surface area (Å²) in [5.74, 6) is -0.175. The second-order valence-electron chi connectivity index (χ2n) is 6.99. The first-order valence-corrected chi connectivity index (χ1v) is 9.69. The van der Waals surface area contributed by atoms with Crippen LogP contribution in [-0.4, -0.2) is 36.1 Å². The van der Waals surface area contributed by atoms with Crippen molar-refractivity contribution in [2.45, 2.75) is 33.2 Å². The molecule has 0 unspecified atom stereocenters. The quantitative estimate of drug-likeness (QED) is 0.574. The van der Waals surface area contributed by atoms with Crippen molar-refractivity contribution < 1.29 is 19.1 Å². The minimum absolute atomic E-state index is 0.173. The lowest BCUT2D eigenvalue weighted by molar-refractivity contribution is -0.147. The fourth-order valence-electron chi connectivity index (χ4n) is 3.20. The van der Waals surface area contributed by atoms with Crippen LogP contribution in [0.5, 0.6) is 5.75 Å². The van der Waals surface area contributed by atoms with Crippen LogP contribution in [0.3, 0.4) is 0 Å². The number of hydrogen-bond acceptors (Lipinski definition) is 4. The van der Waals surface area contributed by atoms with Gasteiger partial charge in [0.15, 0.2) is 6.61 Å². The molecular weight excluding hydrogens is 368 g/mol. The maximum Gasteiger partial charge on any atom is 0.328 e. The van der Waals surface area contributed by atoms with E-state index in [2.05, 4.69) is 10.3 Å². The van der Waals surface area contributed by atoms with E-state index in [1.165, 1.54) is 0 Å². The van der Waals surface area contributed by atoms with Gasteiger partial charge >= 0.3 is 5.97 Å². The molecule has 6 heteroatoms. The monoisotopic (exact) mass is 394 g/mol. The Bertz CT molecular complexity index is 1010. The molecule has 0 radical (unpaired) electrons. The number of rotatable bonds is 8. The summed E-state index contributed by atoms with van der Waals surface area (Å²) in [6, 6.07) is 12.9. The number of fused-ring (bicyclic) bond motifs is 1. The first-order chi connectivity index (χ1) is 14.0. The summed E-state index contributed by atoms with van der Waals surface area (Å²) in [6.45, 7) is 5.70. The highest BCUT2D eigenvalue weighted by atomic mass is 16.5. The molecular formula is C23H26N2O4. The zero-order valence-corrected chi connectivity index (χ0v) is 17.0. The van der Waals surface area contributed by atoms with Crippen LogP contribution in [0, 0.1) is 13.8 Å². The summed E-state index contributed by atoms with van der Waals surface area (Å²) in [5, 5.41) is 3.77. The number of ether oxygens (including phenoxy) is 2. The van der Waals surface area contributed by atoms with Crippen LogP contribution in [0.4, 0.5) is 0 Å². The maximum absolute atomic E-state index is 12.5. The van der Waals surface area contributed by atoms with Gasteiger partial charge in [-0.25, -0.2) is 4.79 Å². The topological polar surface area (TPSA) is 80.4 Å². The van der Waals surface area contributed by atoms with Crippen molar-refractivity contribution in [3.8, 4) is 5.75 Å². The van der Waals surface area contributed by atoms with Crippen LogP contribution >= 0.6 is 0 Å².